The van der Waals surface area contributed by atoms with Gasteiger partial charge in [-0.3, -0.25) is 9.78 Å². The third-order valence-corrected chi connectivity index (χ3v) is 9.76. The summed E-state index contributed by atoms with van der Waals surface area (Å²) < 4.78 is 97.3. The Morgan fingerprint density at radius 1 is 1.02 bits per heavy atom. The van der Waals surface area contributed by atoms with Gasteiger partial charge in [-0.05, 0) is 91.6 Å². The number of hydrogen-bond acceptors (Lipinski definition) is 5. The lowest BCUT2D eigenvalue weighted by atomic mass is 9.65. The Morgan fingerprint density at radius 3 is 2.44 bits per heavy atom. The van der Waals surface area contributed by atoms with Gasteiger partial charge in [-0.15, -0.1) is 0 Å². The molecule has 2 aliphatic rings. The van der Waals surface area contributed by atoms with Gasteiger partial charge in [0.2, 0.25) is 10.0 Å². The molecule has 2 aromatic heterocycles. The van der Waals surface area contributed by atoms with E-state index in [-0.39, 0.29) is 31.6 Å². The normalized spacial score (nSPS) is 19.0. The van der Waals surface area contributed by atoms with E-state index in [4.69, 9.17) is 0 Å². The van der Waals surface area contributed by atoms with Crippen molar-refractivity contribution in [3.63, 3.8) is 0 Å². The highest BCUT2D eigenvalue weighted by molar-refractivity contribution is 7.89. The number of carbonyl (C=O) groups excluding carboxylic acids is 1. The highest BCUT2D eigenvalue weighted by atomic mass is 32.2. The molecule has 1 aliphatic heterocycles. The van der Waals surface area contributed by atoms with Crippen LogP contribution in [0.2, 0.25) is 0 Å². The molecular formula is C30H23F5N4O3S. The van der Waals surface area contributed by atoms with Gasteiger partial charge in [0.25, 0.3) is 0 Å². The average Bonchev–Trinajstić information content (AvgIpc) is 3.37. The SMILES string of the molecule is Cc1ccnc(C(=O)C23Cc4cnn(-c5ccc(F)cc5)c4C=C2CCN(S(=O)(=O)c2ccc(C(F)(F)F)c(F)c2)C3)c1. The van der Waals surface area contributed by atoms with Gasteiger partial charge in [-0.1, -0.05) is 5.57 Å². The Bertz CT molecular complexity index is 1900. The zero-order valence-corrected chi connectivity index (χ0v) is 23.4. The first-order valence-corrected chi connectivity index (χ1v) is 14.6. The molecule has 1 unspecified atom stereocenters. The third kappa shape index (κ3) is 4.95. The molecule has 1 saturated heterocycles. The molecule has 3 heterocycles. The number of nitrogens with zero attached hydrogens (tertiary/aromatic N) is 4. The number of hydrogen-bond donors (Lipinski definition) is 0. The summed E-state index contributed by atoms with van der Waals surface area (Å²) in [6.07, 6.45) is -0.0163. The number of benzene rings is 2. The Labute approximate surface area is 243 Å². The predicted molar refractivity (Wildman–Crippen MR) is 146 cm³/mol. The Hall–Kier alpha value is -4.23. The van der Waals surface area contributed by atoms with Crippen LogP contribution in [0.5, 0.6) is 0 Å². The third-order valence-electron chi connectivity index (χ3n) is 7.92. The second-order valence-corrected chi connectivity index (χ2v) is 12.6. The van der Waals surface area contributed by atoms with Crippen LogP contribution in [0, 0.1) is 24.0 Å². The van der Waals surface area contributed by atoms with Crippen LogP contribution >= 0.6 is 0 Å². The molecule has 0 bridgehead atoms. The van der Waals surface area contributed by atoms with E-state index >= 15 is 0 Å². The fourth-order valence-corrected chi connectivity index (χ4v) is 7.26. The number of rotatable bonds is 5. The molecule has 0 amide bonds. The van der Waals surface area contributed by atoms with Crippen molar-refractivity contribution in [3.05, 3.63) is 112 Å². The number of piperidine rings is 1. The quantitative estimate of drug-likeness (QED) is 0.210. The van der Waals surface area contributed by atoms with Gasteiger partial charge < -0.3 is 0 Å². The number of aryl methyl sites for hydroxylation is 1. The van der Waals surface area contributed by atoms with E-state index in [2.05, 4.69) is 10.1 Å². The molecule has 222 valence electrons. The van der Waals surface area contributed by atoms with Gasteiger partial charge in [0.1, 0.15) is 17.3 Å². The van der Waals surface area contributed by atoms with Crippen molar-refractivity contribution in [2.45, 2.75) is 30.8 Å². The minimum atomic E-state index is -4.99. The molecule has 2 aromatic carbocycles. The van der Waals surface area contributed by atoms with Crippen LogP contribution in [0.3, 0.4) is 0 Å². The van der Waals surface area contributed by atoms with Crippen LogP contribution in [0.15, 0.2) is 77.5 Å². The summed E-state index contributed by atoms with van der Waals surface area (Å²) in [4.78, 5) is 17.9. The number of ketones is 1. The van der Waals surface area contributed by atoms with Gasteiger partial charge >= 0.3 is 6.18 Å². The monoisotopic (exact) mass is 614 g/mol. The topological polar surface area (TPSA) is 85.2 Å². The molecule has 13 heteroatoms. The highest BCUT2D eigenvalue weighted by Crippen LogP contribution is 2.47. The second kappa shape index (κ2) is 10.2. The molecule has 4 aromatic rings. The average molecular weight is 615 g/mol. The highest BCUT2D eigenvalue weighted by Gasteiger charge is 2.51. The summed E-state index contributed by atoms with van der Waals surface area (Å²) in [5.41, 5.74) is 0.398. The van der Waals surface area contributed by atoms with Gasteiger partial charge in [-0.25, -0.2) is 21.9 Å². The van der Waals surface area contributed by atoms with Crippen molar-refractivity contribution in [2.24, 2.45) is 5.41 Å². The van der Waals surface area contributed by atoms with E-state index in [1.165, 1.54) is 18.3 Å². The first-order valence-electron chi connectivity index (χ1n) is 13.2. The van der Waals surface area contributed by atoms with Crippen molar-refractivity contribution in [3.8, 4) is 5.69 Å². The van der Waals surface area contributed by atoms with E-state index in [9.17, 15) is 35.2 Å². The van der Waals surface area contributed by atoms with Crippen molar-refractivity contribution < 1.29 is 35.2 Å². The van der Waals surface area contributed by atoms with Crippen molar-refractivity contribution in [1.29, 1.82) is 0 Å². The number of alkyl halides is 3. The molecule has 6 rings (SSSR count). The number of sulfonamides is 1. The fourth-order valence-electron chi connectivity index (χ4n) is 5.75. The molecule has 0 saturated carbocycles. The molecular weight excluding hydrogens is 591 g/mol. The van der Waals surface area contributed by atoms with Crippen LogP contribution < -0.4 is 0 Å². The van der Waals surface area contributed by atoms with Gasteiger partial charge in [-0.2, -0.15) is 22.6 Å². The minimum absolute atomic E-state index is 0.0528. The number of Topliss-reactive ketones (excluding diaryl/α,β-unsaturated/α-hetero) is 1. The predicted octanol–water partition coefficient (Wildman–Crippen LogP) is 5.78. The van der Waals surface area contributed by atoms with E-state index in [0.29, 0.717) is 34.7 Å². The van der Waals surface area contributed by atoms with Crippen molar-refractivity contribution in [2.75, 3.05) is 13.1 Å². The van der Waals surface area contributed by atoms with Crippen LogP contribution in [0.25, 0.3) is 11.8 Å². The zero-order valence-electron chi connectivity index (χ0n) is 22.6. The van der Waals surface area contributed by atoms with Crippen molar-refractivity contribution >= 4 is 21.9 Å². The number of halogens is 5. The smallest absolute Gasteiger partial charge is 0.291 e. The summed E-state index contributed by atoms with van der Waals surface area (Å²) in [7, 11) is -4.51. The molecule has 1 atom stereocenters. The first kappa shape index (κ1) is 28.9. The van der Waals surface area contributed by atoms with Gasteiger partial charge in [0, 0.05) is 19.3 Å². The Morgan fingerprint density at radius 2 is 1.77 bits per heavy atom. The Kier molecular flexibility index (Phi) is 6.85. The zero-order chi connectivity index (χ0) is 30.7. The largest absolute Gasteiger partial charge is 0.419 e. The fraction of sp³-hybridized carbons (Fsp3) is 0.233. The summed E-state index contributed by atoms with van der Waals surface area (Å²) in [5, 5.41) is 4.44. The van der Waals surface area contributed by atoms with E-state index < -0.39 is 49.5 Å². The lowest BCUT2D eigenvalue weighted by molar-refractivity contribution is -0.140. The maximum absolute atomic E-state index is 14.4. The van der Waals surface area contributed by atoms with Gasteiger partial charge in [0.15, 0.2) is 5.78 Å². The Balaban J connectivity index is 1.43. The molecule has 1 fully saturated rings. The standard InChI is InChI=1S/C30H23F5N4O3S/c1-18-8-10-36-26(12-18)28(40)29-15-19-16-37-39(22-4-2-21(31)3-5-22)27(19)13-20(29)9-11-38(17-29)43(41,42)23-6-7-24(25(32)14-23)30(33,34)35/h2-8,10,12-14,16H,9,11,15,17H2,1H3. The van der Waals surface area contributed by atoms with Crippen LogP contribution in [0.4, 0.5) is 22.0 Å². The van der Waals surface area contributed by atoms with E-state index in [1.54, 1.807) is 48.1 Å². The van der Waals surface area contributed by atoms with Gasteiger partial charge in [0.05, 0.1) is 33.5 Å². The second-order valence-electron chi connectivity index (χ2n) is 10.6. The van der Waals surface area contributed by atoms with E-state index in [1.807, 2.05) is 0 Å². The number of carbonyl (C=O) groups is 1. The summed E-state index contributed by atoms with van der Waals surface area (Å²) >= 11 is 0. The van der Waals surface area contributed by atoms with Crippen LogP contribution in [0.1, 0.15) is 39.3 Å². The maximum atomic E-state index is 14.4. The maximum Gasteiger partial charge on any atom is 0.419 e. The minimum Gasteiger partial charge on any atom is -0.291 e. The van der Waals surface area contributed by atoms with Crippen LogP contribution in [-0.4, -0.2) is 46.4 Å². The molecule has 1 aliphatic carbocycles. The summed E-state index contributed by atoms with van der Waals surface area (Å²) in [5.74, 6) is -2.56. The summed E-state index contributed by atoms with van der Waals surface area (Å²) in [6.45, 7) is 1.34. The van der Waals surface area contributed by atoms with E-state index in [0.717, 1.165) is 15.9 Å². The molecule has 7 nitrogen and oxygen atoms in total. The molecule has 0 radical (unpaired) electrons. The lowest BCUT2D eigenvalue weighted by Gasteiger charge is -2.44. The lowest BCUT2D eigenvalue weighted by Crippen LogP contribution is -2.53. The number of fused-ring (bicyclic) bond motifs is 2. The molecule has 0 N–H and O–H groups in total. The number of pyridine rings is 1. The van der Waals surface area contributed by atoms with Crippen LogP contribution in [-0.2, 0) is 22.6 Å². The van der Waals surface area contributed by atoms with Crippen molar-refractivity contribution in [1.82, 2.24) is 19.1 Å². The summed E-state index contributed by atoms with van der Waals surface area (Å²) in [6, 6.07) is 10.5. The molecule has 0 spiro atoms. The molecule has 43 heavy (non-hydrogen) atoms. The first-order chi connectivity index (χ1) is 20.3. The number of aromatic nitrogens is 3.